The van der Waals surface area contributed by atoms with E-state index in [9.17, 15) is 9.59 Å². The predicted molar refractivity (Wildman–Crippen MR) is 165 cm³/mol. The van der Waals surface area contributed by atoms with Crippen LogP contribution in [-0.4, -0.2) is 55.1 Å². The van der Waals surface area contributed by atoms with Crippen LogP contribution in [0, 0.1) is 0 Å². The molecule has 0 spiro atoms. The molecule has 0 saturated carbocycles. The van der Waals surface area contributed by atoms with E-state index in [0.29, 0.717) is 36.0 Å². The summed E-state index contributed by atoms with van der Waals surface area (Å²) >= 11 is 0. The summed E-state index contributed by atoms with van der Waals surface area (Å²) in [7, 11) is 0. The molecule has 2 fully saturated rings. The number of amides is 2. The molecule has 3 unspecified atom stereocenters. The summed E-state index contributed by atoms with van der Waals surface area (Å²) < 4.78 is 5.72. The second kappa shape index (κ2) is 13.1. The minimum absolute atomic E-state index is 0.114. The normalized spacial score (nSPS) is 19.1. The lowest BCUT2D eigenvalue weighted by atomic mass is 10.0. The molecule has 2 aliphatic heterocycles. The monoisotopic (exact) mass is 553 g/mol. The average molecular weight is 554 g/mol. The number of carbonyl (C=O) groups excluding carboxylic acids is 2. The number of hydrogen-bond donors (Lipinski definition) is 4. The number of nitrogens with zero attached hydrogens (tertiary/aromatic N) is 1. The molecule has 3 aromatic carbocycles. The minimum Gasteiger partial charge on any atom is -0.397 e. The molecule has 2 bridgehead atoms. The zero-order valence-electron chi connectivity index (χ0n) is 23.7. The fourth-order valence-corrected chi connectivity index (χ4v) is 5.39. The van der Waals surface area contributed by atoms with Crippen molar-refractivity contribution < 1.29 is 14.3 Å². The zero-order valence-corrected chi connectivity index (χ0v) is 23.7. The zero-order chi connectivity index (χ0) is 28.8. The quantitative estimate of drug-likeness (QED) is 0.201. The standard InChI is InChI=1S/C33H39N5O3/c1-22(2)24-12-14-26(15-13-24)36-33(40)32(35-17-18-38-20-28-19-27(38)21-41-28)25-10-7-23(8-11-25)9-16-31(39)37-30-6-4-3-5-29(30)34/h3-16,22,27-28,32,35H,17-21,34H2,1-2H3,(H,36,40)(H,37,39)/b16-9+. The van der Waals surface area contributed by atoms with Crippen LogP contribution >= 0.6 is 0 Å². The van der Waals surface area contributed by atoms with Gasteiger partial charge in [-0.3, -0.25) is 14.5 Å². The number of hydrogen-bond acceptors (Lipinski definition) is 6. The van der Waals surface area contributed by atoms with Crippen molar-refractivity contribution in [1.82, 2.24) is 10.2 Å². The summed E-state index contributed by atoms with van der Waals surface area (Å²) in [5.41, 5.74) is 10.7. The van der Waals surface area contributed by atoms with Crippen LogP contribution < -0.4 is 21.7 Å². The van der Waals surface area contributed by atoms with E-state index in [-0.39, 0.29) is 11.8 Å². The van der Waals surface area contributed by atoms with Gasteiger partial charge in [0.2, 0.25) is 11.8 Å². The lowest BCUT2D eigenvalue weighted by Crippen LogP contribution is -2.43. The Balaban J connectivity index is 1.24. The van der Waals surface area contributed by atoms with Crippen LogP contribution in [0.4, 0.5) is 17.1 Å². The number of para-hydroxylation sites is 2. The van der Waals surface area contributed by atoms with Gasteiger partial charge in [-0.2, -0.15) is 0 Å². The highest BCUT2D eigenvalue weighted by Crippen LogP contribution is 2.27. The number of rotatable bonds is 11. The first-order chi connectivity index (χ1) is 19.9. The number of morpholine rings is 1. The van der Waals surface area contributed by atoms with Crippen LogP contribution in [0.2, 0.25) is 0 Å². The summed E-state index contributed by atoms with van der Waals surface area (Å²) in [6.45, 7) is 7.59. The van der Waals surface area contributed by atoms with E-state index < -0.39 is 6.04 Å². The Morgan fingerprint density at radius 2 is 1.73 bits per heavy atom. The highest BCUT2D eigenvalue weighted by molar-refractivity contribution is 6.03. The number of ether oxygens (including phenoxy) is 1. The average Bonchev–Trinajstić information content (AvgIpc) is 3.60. The number of fused-ring (bicyclic) bond motifs is 2. The fourth-order valence-electron chi connectivity index (χ4n) is 5.39. The van der Waals surface area contributed by atoms with Crippen molar-refractivity contribution in [2.24, 2.45) is 0 Å². The van der Waals surface area contributed by atoms with Gasteiger partial charge in [0, 0.05) is 37.4 Å². The molecule has 0 aliphatic carbocycles. The summed E-state index contributed by atoms with van der Waals surface area (Å²) in [5.74, 6) is 0.0441. The SMILES string of the molecule is CC(C)c1ccc(NC(=O)C(NCCN2CC3CC2CO3)c2ccc(/C=C/C(=O)Nc3ccccc3N)cc2)cc1. The van der Waals surface area contributed by atoms with Crippen molar-refractivity contribution in [3.05, 3.63) is 95.6 Å². The number of benzene rings is 3. The van der Waals surface area contributed by atoms with Gasteiger partial charge in [-0.05, 0) is 59.4 Å². The van der Waals surface area contributed by atoms with Crippen molar-refractivity contribution in [3.63, 3.8) is 0 Å². The number of carbonyl (C=O) groups is 2. The molecule has 5 N–H and O–H groups in total. The van der Waals surface area contributed by atoms with E-state index in [1.54, 1.807) is 18.2 Å². The van der Waals surface area contributed by atoms with Gasteiger partial charge in [0.25, 0.3) is 0 Å². The van der Waals surface area contributed by atoms with Crippen molar-refractivity contribution in [2.45, 2.75) is 44.4 Å². The summed E-state index contributed by atoms with van der Waals surface area (Å²) in [6, 6.07) is 22.8. The highest BCUT2D eigenvalue weighted by Gasteiger charge is 2.38. The lowest BCUT2D eigenvalue weighted by Gasteiger charge is -2.27. The van der Waals surface area contributed by atoms with E-state index in [4.69, 9.17) is 10.5 Å². The third-order valence-electron chi connectivity index (χ3n) is 7.78. The molecule has 8 heteroatoms. The third kappa shape index (κ3) is 7.41. The first-order valence-corrected chi connectivity index (χ1v) is 14.3. The largest absolute Gasteiger partial charge is 0.397 e. The Kier molecular flexibility index (Phi) is 9.14. The van der Waals surface area contributed by atoms with E-state index in [1.165, 1.54) is 11.6 Å². The number of nitrogens with one attached hydrogen (secondary N) is 3. The molecule has 8 nitrogen and oxygen atoms in total. The summed E-state index contributed by atoms with van der Waals surface area (Å²) in [6.07, 6.45) is 4.66. The maximum absolute atomic E-state index is 13.5. The van der Waals surface area contributed by atoms with Gasteiger partial charge in [-0.25, -0.2) is 0 Å². The maximum Gasteiger partial charge on any atom is 0.248 e. The minimum atomic E-state index is -0.529. The van der Waals surface area contributed by atoms with E-state index in [0.717, 1.165) is 42.9 Å². The first-order valence-electron chi connectivity index (χ1n) is 14.3. The number of likely N-dealkylation sites (tertiary alicyclic amines) is 1. The Morgan fingerprint density at radius 1 is 1.00 bits per heavy atom. The second-order valence-electron chi connectivity index (χ2n) is 11.1. The summed E-state index contributed by atoms with van der Waals surface area (Å²) in [4.78, 5) is 28.3. The van der Waals surface area contributed by atoms with Gasteiger partial charge in [0.05, 0.1) is 24.1 Å². The highest BCUT2D eigenvalue weighted by atomic mass is 16.5. The van der Waals surface area contributed by atoms with Crippen LogP contribution in [0.5, 0.6) is 0 Å². The van der Waals surface area contributed by atoms with E-state index in [2.05, 4.69) is 46.8 Å². The Labute approximate surface area is 242 Å². The van der Waals surface area contributed by atoms with Crippen LogP contribution in [0.1, 0.15) is 48.9 Å². The molecule has 214 valence electrons. The van der Waals surface area contributed by atoms with Crippen LogP contribution in [0.3, 0.4) is 0 Å². The molecule has 5 rings (SSSR count). The molecule has 3 aromatic rings. The second-order valence-corrected chi connectivity index (χ2v) is 11.1. The fraction of sp³-hybridized carbons (Fsp3) is 0.333. The number of nitrogen functional groups attached to an aromatic ring is 1. The maximum atomic E-state index is 13.5. The molecule has 0 radical (unpaired) electrons. The Hall–Kier alpha value is -3.98. The molecule has 2 saturated heterocycles. The van der Waals surface area contributed by atoms with Crippen LogP contribution in [0.25, 0.3) is 6.08 Å². The Morgan fingerprint density at radius 3 is 2.39 bits per heavy atom. The third-order valence-corrected chi connectivity index (χ3v) is 7.78. The number of anilines is 3. The van der Waals surface area contributed by atoms with Crippen LogP contribution in [0.15, 0.2) is 78.9 Å². The van der Waals surface area contributed by atoms with Crippen LogP contribution in [-0.2, 0) is 14.3 Å². The molecule has 0 aromatic heterocycles. The molecule has 2 heterocycles. The first kappa shape index (κ1) is 28.5. The van der Waals surface area contributed by atoms with Gasteiger partial charge in [0.1, 0.15) is 6.04 Å². The molecular weight excluding hydrogens is 514 g/mol. The topological polar surface area (TPSA) is 109 Å². The number of nitrogens with two attached hydrogens (primary N) is 1. The predicted octanol–water partition coefficient (Wildman–Crippen LogP) is 4.79. The molecule has 2 aliphatic rings. The van der Waals surface area contributed by atoms with Gasteiger partial charge < -0.3 is 26.4 Å². The van der Waals surface area contributed by atoms with Crippen molar-refractivity contribution in [1.29, 1.82) is 0 Å². The van der Waals surface area contributed by atoms with E-state index >= 15 is 0 Å². The van der Waals surface area contributed by atoms with Gasteiger partial charge in [0.15, 0.2) is 0 Å². The van der Waals surface area contributed by atoms with Crippen molar-refractivity contribution >= 4 is 35.0 Å². The van der Waals surface area contributed by atoms with Crippen molar-refractivity contribution in [3.8, 4) is 0 Å². The Bertz CT molecular complexity index is 1370. The van der Waals surface area contributed by atoms with Gasteiger partial charge >= 0.3 is 0 Å². The molecule has 41 heavy (non-hydrogen) atoms. The lowest BCUT2D eigenvalue weighted by molar-refractivity contribution is -0.118. The summed E-state index contributed by atoms with van der Waals surface area (Å²) in [5, 5.41) is 9.36. The smallest absolute Gasteiger partial charge is 0.248 e. The van der Waals surface area contributed by atoms with Crippen molar-refractivity contribution in [2.75, 3.05) is 42.6 Å². The van der Waals surface area contributed by atoms with Gasteiger partial charge in [-0.1, -0.05) is 62.4 Å². The van der Waals surface area contributed by atoms with Gasteiger partial charge in [-0.15, -0.1) is 0 Å². The van der Waals surface area contributed by atoms with E-state index in [1.807, 2.05) is 48.5 Å². The molecule has 2 amide bonds. The molecule has 3 atom stereocenters. The molecular formula is C33H39N5O3.